The van der Waals surface area contributed by atoms with Crippen LogP contribution in [0, 0.1) is 0 Å². The zero-order chi connectivity index (χ0) is 14.4. The van der Waals surface area contributed by atoms with Crippen LogP contribution in [0.5, 0.6) is 0 Å². The van der Waals surface area contributed by atoms with Gasteiger partial charge in [-0.1, -0.05) is 4.48 Å². The van der Waals surface area contributed by atoms with Gasteiger partial charge in [-0.2, -0.15) is 0 Å². The molecule has 0 unspecified atom stereocenters. The lowest BCUT2D eigenvalue weighted by atomic mass is 10.7. The van der Waals surface area contributed by atoms with E-state index >= 15 is 0 Å². The van der Waals surface area contributed by atoms with Crippen LogP contribution in [0.2, 0.25) is 0 Å². The molecule has 0 saturated heterocycles. The van der Waals surface area contributed by atoms with E-state index in [4.69, 9.17) is 36.6 Å². The second kappa shape index (κ2) is 67.5. The molecule has 13 heteroatoms. The molecular formula is C3H6F9NO3. The van der Waals surface area contributed by atoms with Crippen LogP contribution in [-0.4, -0.2) is 19.7 Å². The summed E-state index contributed by atoms with van der Waals surface area (Å²) in [5, 5.41) is 0. The zero-order valence-electron chi connectivity index (χ0n) is 7.33. The summed E-state index contributed by atoms with van der Waals surface area (Å²) in [7, 11) is 1.31. The van der Waals surface area contributed by atoms with Crippen LogP contribution in [0.25, 0.3) is 0 Å². The molecule has 0 aliphatic rings. The van der Waals surface area contributed by atoms with E-state index in [1.54, 1.807) is 0 Å². The van der Waals surface area contributed by atoms with Gasteiger partial charge in [-0.3, -0.25) is 0 Å². The standard InChI is InChI=1S/C3H6FNO3.4F2/c1-7-2-3(6)8-5-4;4*1-2/h5H,2H2,1H3;;;;. The molecule has 0 fully saturated rings. The van der Waals surface area contributed by atoms with E-state index in [-0.39, 0.29) is 6.61 Å². The summed E-state index contributed by atoms with van der Waals surface area (Å²) in [5.74, 6) is -0.796. The van der Waals surface area contributed by atoms with E-state index in [2.05, 4.69) is 9.57 Å². The number of nitrogens with one attached hydrogen (secondary N) is 1. The van der Waals surface area contributed by atoms with Crippen molar-refractivity contribution in [2.45, 2.75) is 0 Å². The fraction of sp³-hybridized carbons (Fsp3) is 0.667. The van der Waals surface area contributed by atoms with E-state index in [1.807, 2.05) is 0 Å². The van der Waals surface area contributed by atoms with Crippen molar-refractivity contribution in [1.82, 2.24) is 5.70 Å². The van der Waals surface area contributed by atoms with Crippen molar-refractivity contribution in [3.8, 4) is 0 Å². The van der Waals surface area contributed by atoms with Crippen LogP contribution in [0.1, 0.15) is 0 Å². The molecule has 0 aromatic rings. The Labute approximate surface area is 82.3 Å². The minimum atomic E-state index is -0.796. The van der Waals surface area contributed by atoms with Crippen molar-refractivity contribution in [1.29, 1.82) is 0 Å². The maximum atomic E-state index is 10.8. The number of ether oxygens (including phenoxy) is 1. The second-order valence-electron chi connectivity index (χ2n) is 0.984. The second-order valence-corrected chi connectivity index (χ2v) is 0.984. The molecule has 0 bridgehead atoms. The van der Waals surface area contributed by atoms with Gasteiger partial charge in [0.25, 0.3) is 0 Å². The number of carbonyl (C=O) groups excluding carboxylic acids is 1. The van der Waals surface area contributed by atoms with Gasteiger partial charge in [0.1, 0.15) is 6.61 Å². The van der Waals surface area contributed by atoms with Gasteiger partial charge in [-0.15, -0.1) is 0 Å². The lowest BCUT2D eigenvalue weighted by Gasteiger charge is -1.94. The van der Waals surface area contributed by atoms with Gasteiger partial charge in [0.05, 0.1) is 0 Å². The van der Waals surface area contributed by atoms with Crippen molar-refractivity contribution in [2.75, 3.05) is 13.7 Å². The molecule has 104 valence electrons. The lowest BCUT2D eigenvalue weighted by molar-refractivity contribution is -0.167. The van der Waals surface area contributed by atoms with Crippen molar-refractivity contribution in [3.05, 3.63) is 0 Å². The number of carbonyl (C=O) groups is 1. The van der Waals surface area contributed by atoms with E-state index in [0.717, 1.165) is 5.70 Å². The maximum absolute atomic E-state index is 10.8. The fourth-order valence-corrected chi connectivity index (χ4v) is 0.190. The first kappa shape index (κ1) is 29.3. The summed E-state index contributed by atoms with van der Waals surface area (Å²) < 4.78 is 79.1. The Morgan fingerprint density at radius 1 is 1.00 bits per heavy atom. The molecule has 0 aromatic carbocycles. The number of methoxy groups -OCH3 is 1. The summed E-state index contributed by atoms with van der Waals surface area (Å²) in [4.78, 5) is 13.6. The Hall–Kier alpha value is -1.24. The van der Waals surface area contributed by atoms with Crippen molar-refractivity contribution < 1.29 is 55.4 Å². The molecule has 4 nitrogen and oxygen atoms in total. The first-order chi connectivity index (χ1) is 7.81. The SMILES string of the molecule is COCC(=O)ONF.FF.FF.FF.FF. The van der Waals surface area contributed by atoms with Gasteiger partial charge in [0, 0.05) is 49.4 Å². The molecule has 0 aromatic heterocycles. The highest BCUT2D eigenvalue weighted by Gasteiger charge is 1.98. The predicted molar refractivity (Wildman–Crippen MR) is 31.1 cm³/mol. The van der Waals surface area contributed by atoms with Crippen LogP contribution in [0.4, 0.5) is 41.1 Å². The molecule has 0 rings (SSSR count). The van der Waals surface area contributed by atoms with Crippen molar-refractivity contribution >= 4 is 5.97 Å². The number of rotatable bonds is 3. The van der Waals surface area contributed by atoms with Crippen molar-refractivity contribution in [2.24, 2.45) is 0 Å². The highest BCUT2D eigenvalue weighted by atomic mass is 20.0. The number of hydrogen-bond acceptors (Lipinski definition) is 4. The zero-order valence-corrected chi connectivity index (χ0v) is 7.33. The summed E-state index contributed by atoms with van der Waals surface area (Å²) in [6, 6.07) is 0. The molecule has 16 heavy (non-hydrogen) atoms. The number of hydrogen-bond donors (Lipinski definition) is 1. The van der Waals surface area contributed by atoms with Crippen LogP contribution < -0.4 is 5.70 Å². The molecule has 0 spiro atoms. The summed E-state index contributed by atoms with van der Waals surface area (Å²) in [5.41, 5.74) is 0.723. The predicted octanol–water partition coefficient (Wildman–Crippen LogP) is 2.93. The quantitative estimate of drug-likeness (QED) is 0.488. The monoisotopic (exact) mass is 275 g/mol. The van der Waals surface area contributed by atoms with Gasteiger partial charge in [-0.05, 0) is 0 Å². The molecule has 0 aliphatic carbocycles. The van der Waals surface area contributed by atoms with Gasteiger partial charge < -0.3 is 9.57 Å². The fourth-order valence-electron chi connectivity index (χ4n) is 0.190. The Morgan fingerprint density at radius 3 is 1.50 bits per heavy atom. The molecule has 1 N–H and O–H groups in total. The molecule has 0 radical (unpaired) electrons. The third-order valence-electron chi connectivity index (χ3n) is 0.415. The Bertz CT molecular complexity index is 80.4. The van der Waals surface area contributed by atoms with Crippen molar-refractivity contribution in [3.63, 3.8) is 0 Å². The Balaban J connectivity index is -0.0000000426. The van der Waals surface area contributed by atoms with Gasteiger partial charge in [0.2, 0.25) is 0 Å². The number of halogens is 9. The van der Waals surface area contributed by atoms with E-state index < -0.39 is 5.97 Å². The first-order valence-corrected chi connectivity index (χ1v) is 2.42. The highest BCUT2D eigenvalue weighted by molar-refractivity contribution is 5.70. The average molecular weight is 275 g/mol. The molecule has 0 atom stereocenters. The summed E-state index contributed by atoms with van der Waals surface area (Å²) in [6.07, 6.45) is 0. The molecule has 0 heterocycles. The van der Waals surface area contributed by atoms with Crippen LogP contribution in [0.3, 0.4) is 0 Å². The van der Waals surface area contributed by atoms with Gasteiger partial charge in [0.15, 0.2) is 0 Å². The van der Waals surface area contributed by atoms with Crippen LogP contribution in [0.15, 0.2) is 0 Å². The normalized spacial score (nSPS) is 5.88. The molecule has 0 aliphatic heterocycles. The van der Waals surface area contributed by atoms with E-state index in [0.29, 0.717) is 0 Å². The van der Waals surface area contributed by atoms with Crippen LogP contribution in [-0.2, 0) is 14.4 Å². The Morgan fingerprint density at radius 2 is 1.31 bits per heavy atom. The highest BCUT2D eigenvalue weighted by Crippen LogP contribution is 1.72. The van der Waals surface area contributed by atoms with Gasteiger partial charge >= 0.3 is 5.97 Å². The maximum Gasteiger partial charge on any atom is 0.353 e. The Kier molecular flexibility index (Phi) is 124. The topological polar surface area (TPSA) is 47.6 Å². The minimum Gasteiger partial charge on any atom is -0.373 e. The summed E-state index contributed by atoms with van der Waals surface area (Å²) >= 11 is 0. The smallest absolute Gasteiger partial charge is 0.353 e. The minimum absolute atomic E-state index is 0.253. The van der Waals surface area contributed by atoms with E-state index in [9.17, 15) is 9.28 Å². The third kappa shape index (κ3) is 77.9. The largest absolute Gasteiger partial charge is 0.373 e. The third-order valence-corrected chi connectivity index (χ3v) is 0.415. The molecular weight excluding hydrogens is 269 g/mol. The first-order valence-electron chi connectivity index (χ1n) is 2.42. The molecule has 0 saturated carbocycles. The molecule has 0 amide bonds. The van der Waals surface area contributed by atoms with E-state index in [1.165, 1.54) is 7.11 Å². The lowest BCUT2D eigenvalue weighted by Crippen LogP contribution is -2.16. The van der Waals surface area contributed by atoms with Crippen LogP contribution >= 0.6 is 0 Å². The summed E-state index contributed by atoms with van der Waals surface area (Å²) in [6.45, 7) is -0.253. The average Bonchev–Trinajstić information content (AvgIpc) is 2.40. The van der Waals surface area contributed by atoms with Gasteiger partial charge in [-0.25, -0.2) is 4.79 Å².